The molecule has 0 aliphatic carbocycles. The molecule has 0 amide bonds. The molecule has 1 heterocycles. The maximum Gasteiger partial charge on any atom is 0.0210 e. The van der Waals surface area contributed by atoms with Crippen molar-refractivity contribution in [1.82, 2.24) is 5.32 Å². The number of hydrogen-bond donors (Lipinski definition) is 1. The van der Waals surface area contributed by atoms with Crippen LogP contribution in [0.4, 0.5) is 0 Å². The summed E-state index contributed by atoms with van der Waals surface area (Å²) in [7, 11) is 0. The summed E-state index contributed by atoms with van der Waals surface area (Å²) < 4.78 is 0. The number of hydrogen-bond acceptors (Lipinski definition) is 2. The van der Waals surface area contributed by atoms with Crippen LogP contribution in [-0.2, 0) is 5.41 Å². The topological polar surface area (TPSA) is 12.0 Å². The Hall–Kier alpha value is -1.25. The van der Waals surface area contributed by atoms with Crippen LogP contribution in [0.25, 0.3) is 0 Å². The summed E-state index contributed by atoms with van der Waals surface area (Å²) in [6, 6.07) is 19.8. The molecule has 2 heteroatoms. The first-order chi connectivity index (χ1) is 9.78. The Bertz CT molecular complexity index is 543. The van der Waals surface area contributed by atoms with Crippen LogP contribution in [0, 0.1) is 6.92 Å². The maximum absolute atomic E-state index is 3.45. The van der Waals surface area contributed by atoms with Gasteiger partial charge in [-0.2, -0.15) is 0 Å². The molecular formula is C18H21NS. The van der Waals surface area contributed by atoms with Crippen LogP contribution in [0.1, 0.15) is 17.5 Å². The van der Waals surface area contributed by atoms with Gasteiger partial charge in [0.05, 0.1) is 0 Å². The van der Waals surface area contributed by atoms with E-state index in [0.717, 1.165) is 13.1 Å². The van der Waals surface area contributed by atoms with E-state index < -0.39 is 0 Å². The number of thioether (sulfide) groups is 1. The van der Waals surface area contributed by atoms with Crippen LogP contribution in [-0.4, -0.2) is 18.8 Å². The summed E-state index contributed by atoms with van der Waals surface area (Å²) >= 11 is 1.97. The lowest BCUT2D eigenvalue weighted by molar-refractivity contribution is 0.269. The highest BCUT2D eigenvalue weighted by Gasteiger charge is 2.37. The third-order valence-corrected chi connectivity index (χ3v) is 5.20. The van der Waals surface area contributed by atoms with E-state index in [1.807, 2.05) is 11.8 Å². The minimum absolute atomic E-state index is 0.357. The second-order valence-electron chi connectivity index (χ2n) is 5.66. The Morgan fingerprint density at radius 2 is 1.70 bits per heavy atom. The summed E-state index contributed by atoms with van der Waals surface area (Å²) in [6.45, 7) is 4.39. The molecule has 1 nitrogen and oxygen atoms in total. The van der Waals surface area contributed by atoms with Gasteiger partial charge in [-0.25, -0.2) is 0 Å². The van der Waals surface area contributed by atoms with E-state index in [4.69, 9.17) is 0 Å². The Morgan fingerprint density at radius 1 is 1.00 bits per heavy atom. The van der Waals surface area contributed by atoms with E-state index in [0.29, 0.717) is 5.41 Å². The molecule has 1 aliphatic heterocycles. The zero-order valence-corrected chi connectivity index (χ0v) is 12.7. The molecule has 0 radical (unpaired) electrons. The van der Waals surface area contributed by atoms with Crippen molar-refractivity contribution in [1.29, 1.82) is 0 Å². The van der Waals surface area contributed by atoms with Crippen LogP contribution in [0.2, 0.25) is 0 Å². The van der Waals surface area contributed by atoms with E-state index in [-0.39, 0.29) is 0 Å². The second-order valence-corrected chi connectivity index (χ2v) is 6.83. The first kappa shape index (κ1) is 13.7. The van der Waals surface area contributed by atoms with Crippen molar-refractivity contribution >= 4 is 11.8 Å². The van der Waals surface area contributed by atoms with Gasteiger partial charge in [0.1, 0.15) is 0 Å². The van der Waals surface area contributed by atoms with Gasteiger partial charge in [0.15, 0.2) is 0 Å². The lowest BCUT2D eigenvalue weighted by atomic mass is 9.73. The molecule has 0 bridgehead atoms. The Kier molecular flexibility index (Phi) is 4.13. The third-order valence-electron chi connectivity index (χ3n) is 4.18. The van der Waals surface area contributed by atoms with Gasteiger partial charge < -0.3 is 5.32 Å². The van der Waals surface area contributed by atoms with Gasteiger partial charge in [-0.15, -0.1) is 11.8 Å². The van der Waals surface area contributed by atoms with E-state index in [2.05, 4.69) is 66.8 Å². The average molecular weight is 283 g/mol. The van der Waals surface area contributed by atoms with Crippen LogP contribution in [0.5, 0.6) is 0 Å². The number of aryl methyl sites for hydroxylation is 1. The highest BCUT2D eigenvalue weighted by atomic mass is 32.2. The van der Waals surface area contributed by atoms with Crippen LogP contribution >= 0.6 is 11.8 Å². The maximum atomic E-state index is 3.45. The van der Waals surface area contributed by atoms with Gasteiger partial charge in [0.25, 0.3) is 0 Å². The summed E-state index contributed by atoms with van der Waals surface area (Å²) in [5, 5.41) is 3.45. The molecule has 0 spiro atoms. The Labute approximate surface area is 125 Å². The Balaban J connectivity index is 1.63. The number of rotatable bonds is 5. The van der Waals surface area contributed by atoms with Crippen LogP contribution in [0.15, 0.2) is 59.5 Å². The highest BCUT2D eigenvalue weighted by Crippen LogP contribution is 2.34. The zero-order chi connectivity index (χ0) is 13.8. The first-order valence-electron chi connectivity index (χ1n) is 7.24. The highest BCUT2D eigenvalue weighted by molar-refractivity contribution is 7.99. The van der Waals surface area contributed by atoms with E-state index >= 15 is 0 Å². The summed E-state index contributed by atoms with van der Waals surface area (Å²) in [5.74, 6) is 1.18. The van der Waals surface area contributed by atoms with Gasteiger partial charge in [-0.1, -0.05) is 48.0 Å². The predicted molar refractivity (Wildman–Crippen MR) is 87.5 cm³/mol. The third kappa shape index (κ3) is 2.92. The molecule has 1 fully saturated rings. The largest absolute Gasteiger partial charge is 0.315 e. The molecule has 1 N–H and O–H groups in total. The van der Waals surface area contributed by atoms with Crippen molar-refractivity contribution in [3.63, 3.8) is 0 Å². The quantitative estimate of drug-likeness (QED) is 0.832. The van der Waals surface area contributed by atoms with Crippen LogP contribution < -0.4 is 5.32 Å². The number of nitrogens with one attached hydrogen (secondary N) is 1. The van der Waals surface area contributed by atoms with Gasteiger partial charge in [0.2, 0.25) is 0 Å². The number of benzene rings is 2. The smallest absolute Gasteiger partial charge is 0.0210 e. The summed E-state index contributed by atoms with van der Waals surface area (Å²) in [6.07, 6.45) is 1.24. The van der Waals surface area contributed by atoms with E-state index in [9.17, 15) is 0 Å². The average Bonchev–Trinajstić information content (AvgIpc) is 2.44. The van der Waals surface area contributed by atoms with Crippen molar-refractivity contribution in [3.8, 4) is 0 Å². The predicted octanol–water partition coefficient (Wildman–Crippen LogP) is 4.02. The van der Waals surface area contributed by atoms with Crippen molar-refractivity contribution in [2.75, 3.05) is 18.8 Å². The minimum atomic E-state index is 0.357. The molecule has 1 aliphatic rings. The summed E-state index contributed by atoms with van der Waals surface area (Å²) in [5.41, 5.74) is 3.19. The standard InChI is InChI=1S/C18H21NS/c1-15-7-9-16(10-8-15)18(13-19-14-18)11-12-20-17-5-3-2-4-6-17/h2-10,19H,11-14H2,1H3. The first-order valence-corrected chi connectivity index (χ1v) is 8.23. The molecule has 1 saturated heterocycles. The molecule has 20 heavy (non-hydrogen) atoms. The molecule has 0 unspecified atom stereocenters. The normalized spacial score (nSPS) is 16.6. The van der Waals surface area contributed by atoms with Crippen molar-refractivity contribution in [2.45, 2.75) is 23.7 Å². The van der Waals surface area contributed by atoms with Crippen molar-refractivity contribution < 1.29 is 0 Å². The fourth-order valence-corrected chi connectivity index (χ4v) is 3.82. The zero-order valence-electron chi connectivity index (χ0n) is 11.9. The molecule has 0 atom stereocenters. The monoisotopic (exact) mass is 283 g/mol. The van der Waals surface area contributed by atoms with Crippen molar-refractivity contribution in [2.24, 2.45) is 0 Å². The van der Waals surface area contributed by atoms with Crippen LogP contribution in [0.3, 0.4) is 0 Å². The van der Waals surface area contributed by atoms with E-state index in [1.165, 1.54) is 28.2 Å². The Morgan fingerprint density at radius 3 is 2.30 bits per heavy atom. The fourth-order valence-electron chi connectivity index (χ4n) is 2.74. The molecule has 2 aromatic rings. The molecule has 3 rings (SSSR count). The fraction of sp³-hybridized carbons (Fsp3) is 0.333. The minimum Gasteiger partial charge on any atom is -0.315 e. The SMILES string of the molecule is Cc1ccc(C2(CCSc3ccccc3)CNC2)cc1. The summed E-state index contributed by atoms with van der Waals surface area (Å²) in [4.78, 5) is 1.37. The van der Waals surface area contributed by atoms with Gasteiger partial charge in [-0.05, 0) is 36.8 Å². The van der Waals surface area contributed by atoms with Gasteiger partial charge >= 0.3 is 0 Å². The molecule has 0 aromatic heterocycles. The molecular weight excluding hydrogens is 262 g/mol. The molecule has 0 saturated carbocycles. The van der Waals surface area contributed by atoms with E-state index in [1.54, 1.807) is 0 Å². The second kappa shape index (κ2) is 6.02. The lowest BCUT2D eigenvalue weighted by Gasteiger charge is -2.43. The molecule has 2 aromatic carbocycles. The van der Waals surface area contributed by atoms with Gasteiger partial charge in [0, 0.05) is 23.4 Å². The van der Waals surface area contributed by atoms with Crippen molar-refractivity contribution in [3.05, 3.63) is 65.7 Å². The molecule has 104 valence electrons. The lowest BCUT2D eigenvalue weighted by Crippen LogP contribution is -2.57. The van der Waals surface area contributed by atoms with Gasteiger partial charge in [-0.3, -0.25) is 0 Å².